The van der Waals surface area contributed by atoms with Crippen molar-refractivity contribution in [2.45, 2.75) is 64.3 Å². The van der Waals surface area contributed by atoms with Crippen molar-refractivity contribution in [1.82, 2.24) is 24.6 Å². The predicted octanol–water partition coefficient (Wildman–Crippen LogP) is 4.02. The zero-order chi connectivity index (χ0) is 26.5. The number of piperazine rings is 1. The summed E-state index contributed by atoms with van der Waals surface area (Å²) in [6.07, 6.45) is -1.92. The number of nitrogens with one attached hydrogen (secondary N) is 1. The number of alkyl halides is 3. The van der Waals surface area contributed by atoms with E-state index in [1.807, 2.05) is 37.6 Å². The van der Waals surface area contributed by atoms with Crippen molar-refractivity contribution in [1.29, 1.82) is 0 Å². The molecule has 0 unspecified atom stereocenters. The molecule has 0 bridgehead atoms. The monoisotopic (exact) mass is 519 g/mol. The van der Waals surface area contributed by atoms with Gasteiger partial charge in [0.15, 0.2) is 0 Å². The average Bonchev–Trinajstić information content (AvgIpc) is 3.30. The first-order chi connectivity index (χ1) is 17.5. The number of benzene rings is 1. The summed E-state index contributed by atoms with van der Waals surface area (Å²) in [6, 6.07) is 3.31. The number of aromatic nitrogens is 3. The highest BCUT2D eigenvalue weighted by atomic mass is 19.4. The van der Waals surface area contributed by atoms with Crippen LogP contribution >= 0.6 is 0 Å². The smallest absolute Gasteiger partial charge is 0.381 e. The topological polar surface area (TPSA) is 83.5 Å². The molecule has 11 heteroatoms. The molecule has 0 spiro atoms. The molecule has 2 aliphatic rings. The Hall–Kier alpha value is -2.92. The molecule has 1 aromatic carbocycles. The van der Waals surface area contributed by atoms with Gasteiger partial charge in [-0.15, -0.1) is 0 Å². The van der Waals surface area contributed by atoms with Crippen LogP contribution in [0.5, 0.6) is 0 Å². The number of fused-ring (bicyclic) bond motifs is 3. The van der Waals surface area contributed by atoms with Crippen LogP contribution in [0.3, 0.4) is 0 Å². The molecule has 8 nitrogen and oxygen atoms in total. The third kappa shape index (κ3) is 4.98. The summed E-state index contributed by atoms with van der Waals surface area (Å²) in [4.78, 5) is 33.1. The lowest BCUT2D eigenvalue weighted by Gasteiger charge is -2.44. The maximum absolute atomic E-state index is 13.8. The van der Waals surface area contributed by atoms with Gasteiger partial charge in [0.1, 0.15) is 0 Å². The molecule has 0 aliphatic carbocycles. The number of nitrogens with zero attached hydrogens (tertiary/aromatic N) is 4. The van der Waals surface area contributed by atoms with Crippen molar-refractivity contribution in [3.8, 4) is 0 Å². The zero-order valence-corrected chi connectivity index (χ0v) is 21.3. The third-order valence-electron chi connectivity index (χ3n) is 7.73. The van der Waals surface area contributed by atoms with E-state index in [0.29, 0.717) is 48.3 Å². The highest BCUT2D eigenvalue weighted by molar-refractivity contribution is 6.07. The first kappa shape index (κ1) is 25.7. The summed E-state index contributed by atoms with van der Waals surface area (Å²) >= 11 is 0. The van der Waals surface area contributed by atoms with E-state index in [1.165, 1.54) is 0 Å². The maximum atomic E-state index is 13.8. The molecule has 0 saturated carbocycles. The molecule has 0 radical (unpaired) electrons. The number of rotatable bonds is 4. The normalized spacial score (nSPS) is 22.3. The van der Waals surface area contributed by atoms with E-state index in [1.54, 1.807) is 16.0 Å². The number of hydrogen-bond donors (Lipinski definition) is 1. The number of halogens is 3. The maximum Gasteiger partial charge on any atom is 0.390 e. The summed E-state index contributed by atoms with van der Waals surface area (Å²) in [7, 11) is 0. The van der Waals surface area contributed by atoms with Crippen molar-refractivity contribution in [3.05, 3.63) is 39.8 Å². The van der Waals surface area contributed by atoms with Gasteiger partial charge in [0.25, 0.3) is 11.5 Å². The number of hydrogen-bond acceptors (Lipinski definition) is 5. The van der Waals surface area contributed by atoms with Crippen LogP contribution in [0.2, 0.25) is 0 Å². The molecule has 2 atom stereocenters. The van der Waals surface area contributed by atoms with E-state index in [-0.39, 0.29) is 36.1 Å². The minimum absolute atomic E-state index is 0.0758. The SMILES string of the molecule is Cc1cc2[nH]c(=O)c3cnn(C4CCOCC4)c3c2cc1C(=O)N1C[C@H](C)N(CCC(F)(F)F)C[C@@H]1C. The largest absolute Gasteiger partial charge is 0.390 e. The fourth-order valence-corrected chi connectivity index (χ4v) is 5.65. The fraction of sp³-hybridized carbons (Fsp3) is 0.577. The quantitative estimate of drug-likeness (QED) is 0.563. The molecule has 1 amide bonds. The van der Waals surface area contributed by atoms with Crippen LogP contribution in [0, 0.1) is 6.92 Å². The Morgan fingerprint density at radius 2 is 1.86 bits per heavy atom. The van der Waals surface area contributed by atoms with Crippen LogP contribution in [-0.4, -0.2) is 81.6 Å². The van der Waals surface area contributed by atoms with E-state index in [4.69, 9.17) is 4.74 Å². The fourth-order valence-electron chi connectivity index (χ4n) is 5.65. The number of ether oxygens (including phenoxy) is 1. The molecule has 2 aliphatic heterocycles. The molecule has 5 rings (SSSR count). The molecule has 4 heterocycles. The van der Waals surface area contributed by atoms with Gasteiger partial charge in [-0.1, -0.05) is 0 Å². The Morgan fingerprint density at radius 1 is 1.14 bits per heavy atom. The molecule has 200 valence electrons. The highest BCUT2D eigenvalue weighted by Gasteiger charge is 2.35. The van der Waals surface area contributed by atoms with Gasteiger partial charge in [-0.25, -0.2) is 0 Å². The third-order valence-corrected chi connectivity index (χ3v) is 7.73. The minimum Gasteiger partial charge on any atom is -0.381 e. The number of carbonyl (C=O) groups excluding carboxylic acids is 1. The standard InChI is InChI=1S/C26H32F3N5O3/c1-15-10-22-20(23-21(24(35)31-22)12-30-34(23)18-4-8-37-9-5-18)11-19(15)25(36)33-14-16(2)32(13-17(33)3)7-6-26(27,28)29/h10-12,16-18H,4-9,13-14H2,1-3H3,(H,31,35)/t16-,17-/m0/s1. The summed E-state index contributed by atoms with van der Waals surface area (Å²) < 4.78 is 45.7. The number of carbonyl (C=O) groups is 1. The number of H-pyrrole nitrogens is 1. The molecule has 1 N–H and O–H groups in total. The minimum atomic E-state index is -4.21. The number of aromatic amines is 1. The summed E-state index contributed by atoms with van der Waals surface area (Å²) in [5, 5.41) is 5.76. The Morgan fingerprint density at radius 3 is 2.57 bits per heavy atom. The van der Waals surface area contributed by atoms with Gasteiger partial charge in [-0.05, 0) is 51.3 Å². The first-order valence-electron chi connectivity index (χ1n) is 12.8. The van der Waals surface area contributed by atoms with Gasteiger partial charge >= 0.3 is 6.18 Å². The Balaban J connectivity index is 1.49. The van der Waals surface area contributed by atoms with Crippen LogP contribution in [0.1, 0.15) is 55.1 Å². The van der Waals surface area contributed by atoms with Gasteiger partial charge < -0.3 is 14.6 Å². The Kier molecular flexibility index (Phi) is 6.78. The van der Waals surface area contributed by atoms with Gasteiger partial charge in [-0.3, -0.25) is 19.2 Å². The van der Waals surface area contributed by atoms with E-state index < -0.39 is 12.6 Å². The number of aryl methyl sites for hydroxylation is 1. The summed E-state index contributed by atoms with van der Waals surface area (Å²) in [5.41, 5.74) is 2.36. The van der Waals surface area contributed by atoms with Crippen molar-refractivity contribution in [2.24, 2.45) is 0 Å². The Bertz CT molecular complexity index is 1380. The molecule has 3 aromatic rings. The van der Waals surface area contributed by atoms with Gasteiger partial charge in [-0.2, -0.15) is 18.3 Å². The Labute approximate surface area is 212 Å². The second-order valence-electron chi connectivity index (χ2n) is 10.4. The van der Waals surface area contributed by atoms with Crippen LogP contribution in [0.25, 0.3) is 21.8 Å². The van der Waals surface area contributed by atoms with Gasteiger partial charge in [0, 0.05) is 55.9 Å². The first-order valence-corrected chi connectivity index (χ1v) is 12.8. The van der Waals surface area contributed by atoms with Crippen molar-refractivity contribution < 1.29 is 22.7 Å². The second-order valence-corrected chi connectivity index (χ2v) is 10.4. The molecular formula is C26H32F3N5O3. The number of amides is 1. The average molecular weight is 520 g/mol. The number of pyridine rings is 1. The predicted molar refractivity (Wildman–Crippen MR) is 134 cm³/mol. The molecular weight excluding hydrogens is 487 g/mol. The lowest BCUT2D eigenvalue weighted by Crippen LogP contribution is -2.58. The van der Waals surface area contributed by atoms with Crippen LogP contribution in [-0.2, 0) is 4.74 Å². The molecule has 37 heavy (non-hydrogen) atoms. The van der Waals surface area contributed by atoms with Crippen LogP contribution < -0.4 is 5.56 Å². The molecule has 2 fully saturated rings. The second kappa shape index (κ2) is 9.75. The molecule has 2 aromatic heterocycles. The van der Waals surface area contributed by atoms with Crippen molar-refractivity contribution in [3.63, 3.8) is 0 Å². The summed E-state index contributed by atoms with van der Waals surface area (Å²) in [6.45, 7) is 7.46. The molecule has 2 saturated heterocycles. The van der Waals surface area contributed by atoms with Gasteiger partial charge in [0.05, 0.1) is 35.1 Å². The van der Waals surface area contributed by atoms with Gasteiger partial charge in [0.2, 0.25) is 0 Å². The van der Waals surface area contributed by atoms with Crippen molar-refractivity contribution >= 4 is 27.7 Å². The van der Waals surface area contributed by atoms with E-state index in [2.05, 4.69) is 10.1 Å². The highest BCUT2D eigenvalue weighted by Crippen LogP contribution is 2.31. The van der Waals surface area contributed by atoms with Crippen LogP contribution in [0.4, 0.5) is 13.2 Å². The lowest BCUT2D eigenvalue weighted by atomic mass is 10.00. The van der Waals surface area contributed by atoms with E-state index in [0.717, 1.165) is 23.8 Å². The van der Waals surface area contributed by atoms with E-state index >= 15 is 0 Å². The summed E-state index contributed by atoms with van der Waals surface area (Å²) in [5.74, 6) is -0.161. The van der Waals surface area contributed by atoms with E-state index in [9.17, 15) is 22.8 Å². The van der Waals surface area contributed by atoms with Crippen molar-refractivity contribution in [2.75, 3.05) is 32.8 Å². The lowest BCUT2D eigenvalue weighted by molar-refractivity contribution is -0.140. The zero-order valence-electron chi connectivity index (χ0n) is 21.3. The van der Waals surface area contributed by atoms with Crippen LogP contribution in [0.15, 0.2) is 23.1 Å².